The van der Waals surface area contributed by atoms with Gasteiger partial charge in [0.2, 0.25) is 5.96 Å². The lowest BCUT2D eigenvalue weighted by Gasteiger charge is -2.08. The summed E-state index contributed by atoms with van der Waals surface area (Å²) in [4.78, 5) is 7.92. The molecule has 0 bridgehead atoms. The van der Waals surface area contributed by atoms with Crippen LogP contribution in [0.5, 0.6) is 0 Å². The first-order valence-corrected chi connectivity index (χ1v) is 8.30. The number of hydrogen-bond acceptors (Lipinski definition) is 4. The van der Waals surface area contributed by atoms with Crippen LogP contribution >= 0.6 is 23.2 Å². The first kappa shape index (κ1) is 16.5. The quantitative estimate of drug-likeness (QED) is 0.646. The van der Waals surface area contributed by atoms with E-state index in [1.54, 1.807) is 24.4 Å². The fourth-order valence-electron chi connectivity index (χ4n) is 1.53. The molecule has 0 unspecified atom stereocenters. The number of rotatable bonds is 4. The summed E-state index contributed by atoms with van der Waals surface area (Å²) in [7, 11) is -3.87. The Kier molecular flexibility index (Phi) is 5.23. The molecule has 3 N–H and O–H groups in total. The Morgan fingerprint density at radius 3 is 2.64 bits per heavy atom. The Labute approximate surface area is 138 Å². The van der Waals surface area contributed by atoms with Gasteiger partial charge in [-0.05, 0) is 30.3 Å². The van der Waals surface area contributed by atoms with Gasteiger partial charge >= 0.3 is 0 Å². The number of guanidine groups is 1. The summed E-state index contributed by atoms with van der Waals surface area (Å²) in [6.07, 6.45) is 1.61. The van der Waals surface area contributed by atoms with Crippen LogP contribution in [-0.2, 0) is 16.6 Å². The van der Waals surface area contributed by atoms with Gasteiger partial charge in [-0.25, -0.2) is 18.1 Å². The Hall–Kier alpha value is -1.83. The lowest BCUT2D eigenvalue weighted by Crippen LogP contribution is -2.36. The standard InChI is InChI=1S/C13H12Cl2N4O2S/c14-11-5-4-10(7-12(11)15)22(20,21)19-13(16)18-8-9-3-1-2-6-17-9/h1-7H,8H2,(H3,16,18,19). The molecule has 1 heterocycles. The Bertz CT molecular complexity index is 795. The maximum Gasteiger partial charge on any atom is 0.264 e. The number of aliphatic imine (C=N–C) groups is 1. The number of halogens is 2. The average Bonchev–Trinajstić information content (AvgIpc) is 2.48. The van der Waals surface area contributed by atoms with E-state index in [9.17, 15) is 8.42 Å². The second-order valence-corrected chi connectivity index (χ2v) is 6.70. The minimum absolute atomic E-state index is 0.0575. The van der Waals surface area contributed by atoms with Crippen molar-refractivity contribution in [2.24, 2.45) is 10.7 Å². The van der Waals surface area contributed by atoms with E-state index in [2.05, 4.69) is 14.7 Å². The molecule has 0 saturated carbocycles. The van der Waals surface area contributed by atoms with Crippen LogP contribution in [0.15, 0.2) is 52.5 Å². The maximum absolute atomic E-state index is 12.1. The summed E-state index contributed by atoms with van der Waals surface area (Å²) in [5.74, 6) is -0.239. The van der Waals surface area contributed by atoms with Crippen molar-refractivity contribution in [3.63, 3.8) is 0 Å². The molecule has 0 aliphatic rings. The van der Waals surface area contributed by atoms with Gasteiger partial charge in [-0.15, -0.1) is 0 Å². The zero-order chi connectivity index (χ0) is 16.2. The molecule has 0 radical (unpaired) electrons. The van der Waals surface area contributed by atoms with Gasteiger partial charge in [0, 0.05) is 6.20 Å². The Balaban J connectivity index is 2.12. The lowest BCUT2D eigenvalue weighted by atomic mass is 10.3. The predicted molar refractivity (Wildman–Crippen MR) is 86.3 cm³/mol. The molecular formula is C13H12Cl2N4O2S. The van der Waals surface area contributed by atoms with Crippen molar-refractivity contribution < 1.29 is 8.42 Å². The monoisotopic (exact) mass is 358 g/mol. The minimum atomic E-state index is -3.87. The number of nitrogens with zero attached hydrogens (tertiary/aromatic N) is 2. The molecule has 1 aromatic heterocycles. The number of hydrogen-bond donors (Lipinski definition) is 2. The number of sulfonamides is 1. The summed E-state index contributed by atoms with van der Waals surface area (Å²) in [6, 6.07) is 9.27. The number of aromatic nitrogens is 1. The minimum Gasteiger partial charge on any atom is -0.369 e. The molecule has 0 aliphatic carbocycles. The van der Waals surface area contributed by atoms with Crippen LogP contribution in [0.3, 0.4) is 0 Å². The summed E-state index contributed by atoms with van der Waals surface area (Å²) in [6.45, 7) is 0.163. The first-order chi connectivity index (χ1) is 10.4. The zero-order valence-corrected chi connectivity index (χ0v) is 13.5. The third kappa shape index (κ3) is 4.33. The van der Waals surface area contributed by atoms with E-state index < -0.39 is 10.0 Å². The number of nitrogens with two attached hydrogens (primary N) is 1. The molecule has 116 valence electrons. The van der Waals surface area contributed by atoms with Crippen molar-refractivity contribution in [3.8, 4) is 0 Å². The largest absolute Gasteiger partial charge is 0.369 e. The van der Waals surface area contributed by atoms with E-state index in [1.807, 2.05) is 0 Å². The molecule has 0 amide bonds. The van der Waals surface area contributed by atoms with E-state index in [4.69, 9.17) is 28.9 Å². The third-order valence-electron chi connectivity index (χ3n) is 2.58. The van der Waals surface area contributed by atoms with Crippen molar-refractivity contribution in [2.45, 2.75) is 11.4 Å². The Morgan fingerprint density at radius 1 is 1.23 bits per heavy atom. The smallest absolute Gasteiger partial charge is 0.264 e. The summed E-state index contributed by atoms with van der Waals surface area (Å²) >= 11 is 11.6. The third-order valence-corrected chi connectivity index (χ3v) is 4.67. The van der Waals surface area contributed by atoms with Crippen molar-refractivity contribution >= 4 is 39.2 Å². The highest BCUT2D eigenvalue weighted by Gasteiger charge is 2.16. The van der Waals surface area contributed by atoms with Gasteiger partial charge in [0.25, 0.3) is 10.0 Å². The topological polar surface area (TPSA) is 97.4 Å². The van der Waals surface area contributed by atoms with Gasteiger partial charge in [0.15, 0.2) is 0 Å². The molecule has 2 aromatic rings. The van der Waals surface area contributed by atoms with Crippen LogP contribution in [0.2, 0.25) is 10.0 Å². The molecular weight excluding hydrogens is 347 g/mol. The van der Waals surface area contributed by atoms with Crippen LogP contribution in [0.25, 0.3) is 0 Å². The van der Waals surface area contributed by atoms with Crippen molar-refractivity contribution in [2.75, 3.05) is 0 Å². The molecule has 22 heavy (non-hydrogen) atoms. The molecule has 9 heteroatoms. The Morgan fingerprint density at radius 2 is 2.00 bits per heavy atom. The highest BCUT2D eigenvalue weighted by Crippen LogP contribution is 2.24. The van der Waals surface area contributed by atoms with Crippen LogP contribution in [0.1, 0.15) is 5.69 Å². The molecule has 0 fully saturated rings. The van der Waals surface area contributed by atoms with Crippen LogP contribution in [0.4, 0.5) is 0 Å². The molecule has 1 aromatic carbocycles. The second kappa shape index (κ2) is 6.95. The molecule has 0 saturated heterocycles. The molecule has 0 atom stereocenters. The molecule has 6 nitrogen and oxygen atoms in total. The fourth-order valence-corrected chi connectivity index (χ4v) is 2.87. The highest BCUT2D eigenvalue weighted by molar-refractivity contribution is 7.90. The van der Waals surface area contributed by atoms with E-state index in [1.165, 1.54) is 18.2 Å². The number of benzene rings is 1. The summed E-state index contributed by atoms with van der Waals surface area (Å²) in [5, 5.41) is 0.394. The first-order valence-electron chi connectivity index (χ1n) is 6.06. The normalized spacial score (nSPS) is 12.2. The van der Waals surface area contributed by atoms with Crippen molar-refractivity contribution in [1.29, 1.82) is 0 Å². The summed E-state index contributed by atoms with van der Waals surface area (Å²) < 4.78 is 26.4. The van der Waals surface area contributed by atoms with E-state index in [0.29, 0.717) is 5.69 Å². The maximum atomic E-state index is 12.1. The van der Waals surface area contributed by atoms with Gasteiger partial charge in [-0.2, -0.15) is 0 Å². The van der Waals surface area contributed by atoms with Gasteiger partial charge in [0.05, 0.1) is 27.2 Å². The van der Waals surface area contributed by atoms with Crippen LogP contribution in [0, 0.1) is 0 Å². The van der Waals surface area contributed by atoms with Gasteiger partial charge < -0.3 is 5.73 Å². The van der Waals surface area contributed by atoms with Gasteiger partial charge in [-0.1, -0.05) is 29.3 Å². The van der Waals surface area contributed by atoms with Crippen LogP contribution in [-0.4, -0.2) is 19.4 Å². The zero-order valence-electron chi connectivity index (χ0n) is 11.2. The molecule has 2 rings (SSSR count). The van der Waals surface area contributed by atoms with Crippen molar-refractivity contribution in [1.82, 2.24) is 9.71 Å². The van der Waals surface area contributed by atoms with E-state index in [0.717, 1.165) is 0 Å². The second-order valence-electron chi connectivity index (χ2n) is 4.20. The SMILES string of the molecule is NC(=NCc1ccccn1)NS(=O)(=O)c1ccc(Cl)c(Cl)c1. The van der Waals surface area contributed by atoms with Gasteiger partial charge in [0.1, 0.15) is 0 Å². The summed E-state index contributed by atoms with van der Waals surface area (Å²) in [5.41, 5.74) is 6.25. The lowest BCUT2D eigenvalue weighted by molar-refractivity contribution is 0.592. The molecule has 0 spiro atoms. The average molecular weight is 359 g/mol. The number of nitrogens with one attached hydrogen (secondary N) is 1. The number of pyridine rings is 1. The fraction of sp³-hybridized carbons (Fsp3) is 0.0769. The predicted octanol–water partition coefficient (Wildman–Crippen LogP) is 2.18. The van der Waals surface area contributed by atoms with Gasteiger partial charge in [-0.3, -0.25) is 4.98 Å². The highest BCUT2D eigenvalue weighted by atomic mass is 35.5. The van der Waals surface area contributed by atoms with Crippen molar-refractivity contribution in [3.05, 3.63) is 58.3 Å². The van der Waals surface area contributed by atoms with E-state index >= 15 is 0 Å². The van der Waals surface area contributed by atoms with Crippen LogP contribution < -0.4 is 10.5 Å². The van der Waals surface area contributed by atoms with E-state index in [-0.39, 0.29) is 27.4 Å². The molecule has 0 aliphatic heterocycles.